The number of hydrogen-bond donors (Lipinski definition) is 1. The summed E-state index contributed by atoms with van der Waals surface area (Å²) in [6.45, 7) is 0.711. The number of amides is 4. The maximum atomic E-state index is 12.5. The van der Waals surface area contributed by atoms with Crippen LogP contribution in [0, 0.1) is 11.8 Å². The van der Waals surface area contributed by atoms with E-state index in [1.165, 1.54) is 21.0 Å². The summed E-state index contributed by atoms with van der Waals surface area (Å²) in [7, 11) is 2.86. The van der Waals surface area contributed by atoms with Crippen LogP contribution in [-0.2, 0) is 28.7 Å². The summed E-state index contributed by atoms with van der Waals surface area (Å²) in [5.74, 6) is -3.05. The van der Waals surface area contributed by atoms with Crippen molar-refractivity contribution in [3.63, 3.8) is 0 Å². The van der Waals surface area contributed by atoms with Crippen LogP contribution >= 0.6 is 0 Å². The SMILES string of the molecule is CNC(=O)CN(C)C(=O)COC(=O)[C@H](C)N1C(=O)[C@@H]2CCCC[C@H]2C1=O. The van der Waals surface area contributed by atoms with Gasteiger partial charge in [0.25, 0.3) is 5.91 Å². The van der Waals surface area contributed by atoms with E-state index in [4.69, 9.17) is 4.74 Å². The highest BCUT2D eigenvalue weighted by Gasteiger charge is 2.51. The molecule has 2 aliphatic rings. The number of nitrogens with zero attached hydrogens (tertiary/aromatic N) is 2. The molecule has 2 fully saturated rings. The Hall–Kier alpha value is -2.45. The van der Waals surface area contributed by atoms with Crippen LogP contribution in [0.5, 0.6) is 0 Å². The second-order valence-corrected chi connectivity index (χ2v) is 6.75. The molecule has 1 aliphatic carbocycles. The average molecular weight is 367 g/mol. The van der Waals surface area contributed by atoms with Crippen LogP contribution in [0.3, 0.4) is 0 Å². The molecule has 9 heteroatoms. The first-order chi connectivity index (χ1) is 12.3. The number of carbonyl (C=O) groups is 5. The van der Waals surface area contributed by atoms with Crippen LogP contribution in [0.4, 0.5) is 0 Å². The quantitative estimate of drug-likeness (QED) is 0.490. The second kappa shape index (κ2) is 8.29. The van der Waals surface area contributed by atoms with Crippen LogP contribution in [0.2, 0.25) is 0 Å². The molecule has 1 saturated heterocycles. The summed E-state index contributed by atoms with van der Waals surface area (Å²) in [5, 5.41) is 2.38. The second-order valence-electron chi connectivity index (χ2n) is 6.75. The number of likely N-dealkylation sites (tertiary alicyclic amines) is 1. The summed E-state index contributed by atoms with van der Waals surface area (Å²) in [6, 6.07) is -1.07. The molecule has 1 heterocycles. The number of fused-ring (bicyclic) bond motifs is 1. The number of ether oxygens (including phenoxy) is 1. The molecule has 9 nitrogen and oxygen atoms in total. The van der Waals surface area contributed by atoms with Gasteiger partial charge in [0.2, 0.25) is 17.7 Å². The zero-order chi connectivity index (χ0) is 19.4. The molecule has 2 rings (SSSR count). The van der Waals surface area contributed by atoms with E-state index in [-0.39, 0.29) is 36.1 Å². The van der Waals surface area contributed by atoms with Gasteiger partial charge in [-0.05, 0) is 19.8 Å². The van der Waals surface area contributed by atoms with Crippen LogP contribution < -0.4 is 5.32 Å². The molecule has 4 amide bonds. The first-order valence-corrected chi connectivity index (χ1v) is 8.76. The standard InChI is InChI=1S/C17H25N3O6/c1-10(17(25)26-9-14(22)19(3)8-13(21)18-2)20-15(23)11-6-4-5-7-12(11)16(20)24/h10-12H,4-9H2,1-3H3,(H,18,21)/t10-,11+,12+/m0/s1. The Labute approximate surface area is 152 Å². The minimum Gasteiger partial charge on any atom is -0.454 e. The van der Waals surface area contributed by atoms with Gasteiger partial charge >= 0.3 is 5.97 Å². The fourth-order valence-electron chi connectivity index (χ4n) is 3.42. The molecule has 0 unspecified atom stereocenters. The van der Waals surface area contributed by atoms with Crippen LogP contribution in [0.15, 0.2) is 0 Å². The minimum atomic E-state index is -1.07. The van der Waals surface area contributed by atoms with Gasteiger partial charge in [-0.1, -0.05) is 12.8 Å². The van der Waals surface area contributed by atoms with Crippen molar-refractivity contribution in [2.45, 2.75) is 38.6 Å². The lowest BCUT2D eigenvalue weighted by Crippen LogP contribution is -2.45. The Morgan fingerprint density at radius 3 is 2.23 bits per heavy atom. The van der Waals surface area contributed by atoms with Crippen molar-refractivity contribution in [3.8, 4) is 0 Å². The lowest BCUT2D eigenvalue weighted by atomic mass is 9.81. The van der Waals surface area contributed by atoms with Crippen molar-refractivity contribution in [2.75, 3.05) is 27.2 Å². The molecule has 0 aromatic heterocycles. The molecule has 0 aromatic carbocycles. The zero-order valence-corrected chi connectivity index (χ0v) is 15.3. The summed E-state index contributed by atoms with van der Waals surface area (Å²) in [5.41, 5.74) is 0. The Balaban J connectivity index is 1.91. The van der Waals surface area contributed by atoms with Gasteiger partial charge in [0.15, 0.2) is 6.61 Å². The predicted molar refractivity (Wildman–Crippen MR) is 89.4 cm³/mol. The number of likely N-dealkylation sites (N-methyl/N-ethyl adjacent to an activating group) is 2. The Morgan fingerprint density at radius 2 is 1.73 bits per heavy atom. The van der Waals surface area contributed by atoms with Gasteiger partial charge in [0.1, 0.15) is 6.04 Å². The van der Waals surface area contributed by atoms with E-state index in [9.17, 15) is 24.0 Å². The number of nitrogens with one attached hydrogen (secondary N) is 1. The molecule has 1 aliphatic heterocycles. The number of rotatable bonds is 6. The molecule has 0 radical (unpaired) electrons. The van der Waals surface area contributed by atoms with Crippen molar-refractivity contribution in [1.82, 2.24) is 15.1 Å². The van der Waals surface area contributed by atoms with Gasteiger partial charge in [-0.3, -0.25) is 24.1 Å². The molecular weight excluding hydrogens is 342 g/mol. The minimum absolute atomic E-state index is 0.158. The zero-order valence-electron chi connectivity index (χ0n) is 15.3. The molecule has 144 valence electrons. The predicted octanol–water partition coefficient (Wildman–Crippen LogP) is -0.702. The summed E-state index contributed by atoms with van der Waals surface area (Å²) in [4.78, 5) is 62.4. The Bertz CT molecular complexity index is 596. The molecule has 0 aromatic rings. The molecule has 26 heavy (non-hydrogen) atoms. The third-order valence-corrected chi connectivity index (χ3v) is 5.03. The molecule has 1 saturated carbocycles. The summed E-state index contributed by atoms with van der Waals surface area (Å²) >= 11 is 0. The molecular formula is C17H25N3O6. The molecule has 0 bridgehead atoms. The van der Waals surface area contributed by atoms with E-state index >= 15 is 0 Å². The van der Waals surface area contributed by atoms with Gasteiger partial charge in [-0.25, -0.2) is 4.79 Å². The van der Waals surface area contributed by atoms with Crippen molar-refractivity contribution in [2.24, 2.45) is 11.8 Å². The molecule has 3 atom stereocenters. The number of esters is 1. The average Bonchev–Trinajstić information content (AvgIpc) is 2.89. The lowest BCUT2D eigenvalue weighted by Gasteiger charge is -2.22. The first kappa shape index (κ1) is 19.9. The van der Waals surface area contributed by atoms with Crippen LogP contribution in [0.25, 0.3) is 0 Å². The van der Waals surface area contributed by atoms with E-state index in [0.29, 0.717) is 12.8 Å². The highest BCUT2D eigenvalue weighted by Crippen LogP contribution is 2.38. The number of hydrogen-bond acceptors (Lipinski definition) is 6. The van der Waals surface area contributed by atoms with Crippen LogP contribution in [0.1, 0.15) is 32.6 Å². The Kier molecular flexibility index (Phi) is 6.33. The highest BCUT2D eigenvalue weighted by atomic mass is 16.5. The van der Waals surface area contributed by atoms with Crippen molar-refractivity contribution in [3.05, 3.63) is 0 Å². The van der Waals surface area contributed by atoms with E-state index in [2.05, 4.69) is 5.32 Å². The number of carbonyl (C=O) groups excluding carboxylic acids is 5. The Morgan fingerprint density at radius 1 is 1.19 bits per heavy atom. The topological polar surface area (TPSA) is 113 Å². The maximum Gasteiger partial charge on any atom is 0.329 e. The van der Waals surface area contributed by atoms with E-state index < -0.39 is 24.5 Å². The maximum absolute atomic E-state index is 12.5. The van der Waals surface area contributed by atoms with E-state index in [1.807, 2.05) is 0 Å². The third kappa shape index (κ3) is 4.03. The van der Waals surface area contributed by atoms with Gasteiger partial charge in [-0.2, -0.15) is 0 Å². The number of imide groups is 1. The van der Waals surface area contributed by atoms with E-state index in [1.54, 1.807) is 0 Å². The van der Waals surface area contributed by atoms with Gasteiger partial charge < -0.3 is 15.0 Å². The summed E-state index contributed by atoms with van der Waals surface area (Å²) in [6.07, 6.45) is 3.13. The van der Waals surface area contributed by atoms with Gasteiger partial charge in [0.05, 0.1) is 18.4 Å². The molecule has 0 spiro atoms. The normalized spacial score (nSPS) is 23.3. The monoisotopic (exact) mass is 367 g/mol. The van der Waals surface area contributed by atoms with Crippen molar-refractivity contribution >= 4 is 29.6 Å². The smallest absolute Gasteiger partial charge is 0.329 e. The van der Waals surface area contributed by atoms with Gasteiger partial charge in [0, 0.05) is 14.1 Å². The largest absolute Gasteiger partial charge is 0.454 e. The van der Waals surface area contributed by atoms with Crippen molar-refractivity contribution in [1.29, 1.82) is 0 Å². The molecule has 1 N–H and O–H groups in total. The fourth-order valence-corrected chi connectivity index (χ4v) is 3.42. The first-order valence-electron chi connectivity index (χ1n) is 8.76. The van der Waals surface area contributed by atoms with Crippen molar-refractivity contribution < 1.29 is 28.7 Å². The summed E-state index contributed by atoms with van der Waals surface area (Å²) < 4.78 is 4.96. The van der Waals surface area contributed by atoms with Gasteiger partial charge in [-0.15, -0.1) is 0 Å². The fraction of sp³-hybridized carbons (Fsp3) is 0.706. The highest BCUT2D eigenvalue weighted by molar-refractivity contribution is 6.07. The van der Waals surface area contributed by atoms with Crippen LogP contribution in [-0.4, -0.2) is 72.7 Å². The van der Waals surface area contributed by atoms with E-state index in [0.717, 1.165) is 22.6 Å². The third-order valence-electron chi connectivity index (χ3n) is 5.03. The lowest BCUT2D eigenvalue weighted by molar-refractivity contribution is -0.161.